The number of methoxy groups -OCH3 is 3. The van der Waals surface area contributed by atoms with Gasteiger partial charge in [0, 0.05) is 29.9 Å². The summed E-state index contributed by atoms with van der Waals surface area (Å²) in [6.07, 6.45) is -0.534. The molecule has 2 aliphatic rings. The second kappa shape index (κ2) is 11.1. The molecule has 4 rings (SSSR count). The van der Waals surface area contributed by atoms with Gasteiger partial charge >= 0.3 is 11.9 Å². The van der Waals surface area contributed by atoms with Crippen LogP contribution in [-0.4, -0.2) is 67.3 Å². The predicted molar refractivity (Wildman–Crippen MR) is 140 cm³/mol. The van der Waals surface area contributed by atoms with Gasteiger partial charge in [-0.25, -0.2) is 4.79 Å². The zero-order chi connectivity index (χ0) is 29.4. The van der Waals surface area contributed by atoms with Gasteiger partial charge in [0.15, 0.2) is 23.9 Å². The summed E-state index contributed by atoms with van der Waals surface area (Å²) in [5, 5.41) is 20.6. The summed E-state index contributed by atoms with van der Waals surface area (Å²) in [5.41, 5.74) is -1.81. The molecule has 0 fully saturated rings. The number of carboxylic acid groups (broad SMARTS) is 1. The number of carbonyl (C=O) groups excluding carboxylic acids is 3. The number of ether oxygens (including phenoxy) is 5. The molecule has 1 spiro atoms. The van der Waals surface area contributed by atoms with Crippen LogP contribution in [0.4, 0.5) is 0 Å². The Balaban J connectivity index is 1.87. The molecule has 12 heteroatoms. The third kappa shape index (κ3) is 4.70. The zero-order valence-electron chi connectivity index (χ0n) is 22.1. The van der Waals surface area contributed by atoms with Crippen molar-refractivity contribution >= 4 is 35.1 Å². The molecule has 3 atom stereocenters. The smallest absolute Gasteiger partial charge is 0.341 e. The molecule has 1 heterocycles. The van der Waals surface area contributed by atoms with Crippen molar-refractivity contribution in [3.63, 3.8) is 0 Å². The molecule has 0 amide bonds. The number of Topliss-reactive ketones (excluding diaryl/α,β-unsaturated/α-hetero) is 2. The molecule has 2 aromatic carbocycles. The fraction of sp³-hybridized carbons (Fsp3) is 0.357. The first-order valence-electron chi connectivity index (χ1n) is 12.2. The number of aliphatic hydroxyl groups is 1. The van der Waals surface area contributed by atoms with Crippen molar-refractivity contribution in [2.24, 2.45) is 5.92 Å². The maximum atomic E-state index is 14.0. The minimum atomic E-state index is -2.02. The minimum absolute atomic E-state index is 0.00923. The second-order valence-electron chi connectivity index (χ2n) is 9.34. The van der Waals surface area contributed by atoms with E-state index >= 15 is 0 Å². The van der Waals surface area contributed by atoms with Crippen LogP contribution < -0.4 is 18.9 Å². The van der Waals surface area contributed by atoms with Gasteiger partial charge in [-0.3, -0.25) is 14.4 Å². The highest BCUT2D eigenvalue weighted by atomic mass is 35.5. The van der Waals surface area contributed by atoms with Crippen molar-refractivity contribution in [1.82, 2.24) is 0 Å². The Morgan fingerprint density at radius 3 is 2.35 bits per heavy atom. The minimum Gasteiger partial charge on any atom is -0.507 e. The third-order valence-electron chi connectivity index (χ3n) is 7.10. The molecule has 2 aromatic rings. The maximum Gasteiger partial charge on any atom is 0.341 e. The van der Waals surface area contributed by atoms with Crippen LogP contribution in [0.1, 0.15) is 41.6 Å². The van der Waals surface area contributed by atoms with E-state index in [9.17, 15) is 24.3 Å². The molecule has 1 aliphatic carbocycles. The van der Waals surface area contributed by atoms with Gasteiger partial charge in [-0.05, 0) is 17.7 Å². The van der Waals surface area contributed by atoms with Gasteiger partial charge < -0.3 is 33.9 Å². The van der Waals surface area contributed by atoms with Crippen LogP contribution in [0.3, 0.4) is 0 Å². The lowest BCUT2D eigenvalue weighted by atomic mass is 9.69. The Morgan fingerprint density at radius 2 is 1.77 bits per heavy atom. The van der Waals surface area contributed by atoms with E-state index in [4.69, 9.17) is 40.4 Å². The van der Waals surface area contributed by atoms with Gasteiger partial charge in [-0.1, -0.05) is 30.7 Å². The summed E-state index contributed by atoms with van der Waals surface area (Å²) >= 11 is 6.49. The van der Waals surface area contributed by atoms with Crippen molar-refractivity contribution in [2.75, 3.05) is 27.9 Å². The normalized spacial score (nSPS) is 20.6. The van der Waals surface area contributed by atoms with Gasteiger partial charge in [0.05, 0.1) is 27.8 Å². The largest absolute Gasteiger partial charge is 0.507 e. The number of carboxylic acids is 1. The Labute approximate surface area is 234 Å². The second-order valence-corrected chi connectivity index (χ2v) is 9.72. The standard InChI is InChI=1S/C28H27ClO11/c1-13-9-17(30)22(16(10-21(33)38-4)14-5-7-15(8-6-14)39-12-20(31)32)26(34)28(13)27(35)23-18(36-2)11-19(37-3)24(29)25(23)40-28/h5-8,11,13,16,34H,9-10,12H2,1-4H3,(H,31,32)/t13-,16?,28+/m1/s1. The molecule has 2 N–H and O–H groups in total. The molecule has 0 radical (unpaired) electrons. The number of hydrogen-bond donors (Lipinski definition) is 2. The van der Waals surface area contributed by atoms with E-state index in [0.29, 0.717) is 5.56 Å². The SMILES string of the molecule is COC(=O)CC(C1=C(O)[C@@]2(Oc3c(Cl)c(OC)cc(OC)c3C2=O)[C@H](C)CC1=O)c1ccc(OCC(=O)O)cc1. The number of rotatable bonds is 9. The molecular formula is C28H27ClO11. The number of benzene rings is 2. The van der Waals surface area contributed by atoms with E-state index in [-0.39, 0.29) is 52.0 Å². The molecule has 0 aromatic heterocycles. The number of ketones is 2. The topological polar surface area (TPSA) is 155 Å². The van der Waals surface area contributed by atoms with Gasteiger partial charge in [0.2, 0.25) is 11.4 Å². The third-order valence-corrected chi connectivity index (χ3v) is 7.46. The van der Waals surface area contributed by atoms with Crippen LogP contribution in [0, 0.1) is 5.92 Å². The van der Waals surface area contributed by atoms with Gasteiger partial charge in [-0.15, -0.1) is 0 Å². The number of hydrogen-bond acceptors (Lipinski definition) is 10. The summed E-state index contributed by atoms with van der Waals surface area (Å²) < 4.78 is 26.8. The van der Waals surface area contributed by atoms with Crippen LogP contribution >= 0.6 is 11.6 Å². The lowest BCUT2D eigenvalue weighted by Gasteiger charge is -2.38. The Morgan fingerprint density at radius 1 is 1.12 bits per heavy atom. The number of halogens is 1. The average Bonchev–Trinajstić information content (AvgIpc) is 3.25. The van der Waals surface area contributed by atoms with Crippen molar-refractivity contribution in [3.05, 3.63) is 57.8 Å². The Kier molecular flexibility index (Phi) is 7.97. The number of aliphatic carboxylic acids is 1. The quantitative estimate of drug-likeness (QED) is 0.419. The number of allylic oxidation sites excluding steroid dienone is 1. The Hall–Kier alpha value is -4.25. The molecule has 1 aliphatic heterocycles. The average molecular weight is 575 g/mol. The fourth-order valence-corrected chi connectivity index (χ4v) is 5.38. The van der Waals surface area contributed by atoms with Crippen molar-refractivity contribution < 1.29 is 53.1 Å². The van der Waals surface area contributed by atoms with E-state index < -0.39 is 53.3 Å². The first-order valence-corrected chi connectivity index (χ1v) is 12.5. The van der Waals surface area contributed by atoms with Gasteiger partial charge in [0.1, 0.15) is 27.8 Å². The number of fused-ring (bicyclic) bond motifs is 1. The van der Waals surface area contributed by atoms with Gasteiger partial charge in [-0.2, -0.15) is 0 Å². The lowest BCUT2D eigenvalue weighted by molar-refractivity contribution is -0.141. The van der Waals surface area contributed by atoms with Crippen LogP contribution in [0.2, 0.25) is 5.02 Å². The monoisotopic (exact) mass is 574 g/mol. The fourth-order valence-electron chi connectivity index (χ4n) is 5.12. The van der Waals surface area contributed by atoms with Crippen molar-refractivity contribution in [1.29, 1.82) is 0 Å². The molecule has 212 valence electrons. The molecule has 40 heavy (non-hydrogen) atoms. The van der Waals surface area contributed by atoms with Crippen LogP contribution in [0.5, 0.6) is 23.0 Å². The molecule has 0 bridgehead atoms. The highest BCUT2D eigenvalue weighted by Gasteiger charge is 2.61. The van der Waals surface area contributed by atoms with E-state index in [1.807, 2.05) is 0 Å². The number of esters is 1. The molecule has 11 nitrogen and oxygen atoms in total. The maximum absolute atomic E-state index is 14.0. The van der Waals surface area contributed by atoms with Crippen molar-refractivity contribution in [3.8, 4) is 23.0 Å². The molecule has 0 saturated heterocycles. The van der Waals surface area contributed by atoms with Crippen LogP contribution in [0.15, 0.2) is 41.7 Å². The van der Waals surface area contributed by atoms with E-state index in [0.717, 1.165) is 0 Å². The summed E-state index contributed by atoms with van der Waals surface area (Å²) in [4.78, 5) is 50.7. The van der Waals surface area contributed by atoms with E-state index in [1.165, 1.54) is 51.7 Å². The number of carbonyl (C=O) groups is 4. The lowest BCUT2D eigenvalue weighted by Crippen LogP contribution is -2.53. The molecule has 1 unspecified atom stereocenters. The first kappa shape index (κ1) is 28.8. The van der Waals surface area contributed by atoms with Crippen molar-refractivity contribution in [2.45, 2.75) is 31.3 Å². The van der Waals surface area contributed by atoms with Crippen LogP contribution in [-0.2, 0) is 19.1 Å². The highest BCUT2D eigenvalue weighted by molar-refractivity contribution is 6.35. The molecule has 0 saturated carbocycles. The molecular weight excluding hydrogens is 548 g/mol. The van der Waals surface area contributed by atoms with E-state index in [1.54, 1.807) is 6.92 Å². The van der Waals surface area contributed by atoms with Gasteiger partial charge in [0.25, 0.3) is 0 Å². The summed E-state index contributed by atoms with van der Waals surface area (Å²) in [7, 11) is 3.92. The summed E-state index contributed by atoms with van der Waals surface area (Å²) in [6, 6.07) is 7.42. The van der Waals surface area contributed by atoms with E-state index in [2.05, 4.69) is 0 Å². The number of aliphatic hydroxyl groups excluding tert-OH is 1. The summed E-state index contributed by atoms with van der Waals surface area (Å²) in [5.74, 6) is -5.01. The predicted octanol–water partition coefficient (Wildman–Crippen LogP) is 3.90. The van der Waals surface area contributed by atoms with Crippen LogP contribution in [0.25, 0.3) is 0 Å². The zero-order valence-corrected chi connectivity index (χ0v) is 22.9. The first-order chi connectivity index (χ1) is 19.0. The Bertz CT molecular complexity index is 1410. The summed E-state index contributed by atoms with van der Waals surface area (Å²) in [6.45, 7) is 1.03. The highest BCUT2D eigenvalue weighted by Crippen LogP contribution is 2.55.